The van der Waals surface area contributed by atoms with Crippen LogP contribution < -0.4 is 5.32 Å². The van der Waals surface area contributed by atoms with Crippen molar-refractivity contribution < 1.29 is 4.79 Å². The number of nitrogens with zero attached hydrogens (tertiary/aromatic N) is 2. The molecule has 2 aliphatic rings. The molecule has 1 amide bonds. The van der Waals surface area contributed by atoms with Gasteiger partial charge in [-0.3, -0.25) is 9.69 Å². The third-order valence-electron chi connectivity index (χ3n) is 6.20. The van der Waals surface area contributed by atoms with Gasteiger partial charge in [-0.25, -0.2) is 0 Å². The van der Waals surface area contributed by atoms with Crippen molar-refractivity contribution in [2.45, 2.75) is 23.6 Å². The Labute approximate surface area is 198 Å². The summed E-state index contributed by atoms with van der Waals surface area (Å²) in [5.41, 5.74) is 3.95. The number of hydrogen-bond donors (Lipinski definition) is 1. The van der Waals surface area contributed by atoms with E-state index < -0.39 is 0 Å². The summed E-state index contributed by atoms with van der Waals surface area (Å²) in [6.45, 7) is 7.26. The van der Waals surface area contributed by atoms with Gasteiger partial charge in [-0.05, 0) is 36.2 Å². The van der Waals surface area contributed by atoms with Gasteiger partial charge in [0, 0.05) is 60.4 Å². The van der Waals surface area contributed by atoms with E-state index in [1.54, 1.807) is 11.3 Å². The minimum atomic E-state index is 0.0690. The van der Waals surface area contributed by atoms with Crippen LogP contribution in [0.15, 0.2) is 65.6 Å². The highest BCUT2D eigenvalue weighted by Crippen LogP contribution is 2.45. The topological polar surface area (TPSA) is 35.6 Å². The van der Waals surface area contributed by atoms with Crippen LogP contribution in [0.25, 0.3) is 10.4 Å². The van der Waals surface area contributed by atoms with Crippen molar-refractivity contribution in [3.05, 3.63) is 76.7 Å². The minimum Gasteiger partial charge on any atom is -0.351 e. The molecule has 3 aromatic rings. The summed E-state index contributed by atoms with van der Waals surface area (Å²) in [5, 5.41) is 3.14. The Morgan fingerprint density at radius 3 is 2.53 bits per heavy atom. The fourth-order valence-corrected chi connectivity index (χ4v) is 6.75. The number of piperazine rings is 1. The summed E-state index contributed by atoms with van der Waals surface area (Å²) in [7, 11) is 0. The van der Waals surface area contributed by atoms with E-state index in [0.29, 0.717) is 0 Å². The quantitative estimate of drug-likeness (QED) is 0.503. The molecule has 1 N–H and O–H groups in total. The maximum absolute atomic E-state index is 12.7. The first-order chi connectivity index (χ1) is 15.8. The maximum atomic E-state index is 12.7. The number of thiophene rings is 1. The molecule has 1 aromatic heterocycles. The molecule has 4 nitrogen and oxygen atoms in total. The molecule has 0 bridgehead atoms. The molecule has 2 aliphatic heterocycles. The van der Waals surface area contributed by atoms with Crippen molar-refractivity contribution in [2.75, 3.05) is 39.3 Å². The SMILES string of the molecule is O=C(NCCCN1CCN(Cc2ccccc2)CC1)c1cc2c(s1)-c1ccccc1SC2. The first kappa shape index (κ1) is 21.7. The van der Waals surface area contributed by atoms with Crippen LogP contribution >= 0.6 is 23.1 Å². The van der Waals surface area contributed by atoms with Crippen LogP contribution in [0.2, 0.25) is 0 Å². The highest BCUT2D eigenvalue weighted by atomic mass is 32.2. The predicted molar refractivity (Wildman–Crippen MR) is 134 cm³/mol. The van der Waals surface area contributed by atoms with E-state index in [1.165, 1.54) is 26.5 Å². The van der Waals surface area contributed by atoms with Crippen molar-refractivity contribution in [3.8, 4) is 10.4 Å². The maximum Gasteiger partial charge on any atom is 0.261 e. The Kier molecular flexibility index (Phi) is 6.93. The Balaban J connectivity index is 1.05. The van der Waals surface area contributed by atoms with Crippen LogP contribution in [-0.4, -0.2) is 55.0 Å². The second-order valence-corrected chi connectivity index (χ2v) is 10.5. The van der Waals surface area contributed by atoms with Crippen LogP contribution in [0.4, 0.5) is 0 Å². The second kappa shape index (κ2) is 10.2. The van der Waals surface area contributed by atoms with Gasteiger partial charge in [-0.1, -0.05) is 48.5 Å². The minimum absolute atomic E-state index is 0.0690. The van der Waals surface area contributed by atoms with E-state index in [0.717, 1.165) is 62.9 Å². The molecule has 6 heteroatoms. The van der Waals surface area contributed by atoms with Crippen LogP contribution in [0.1, 0.15) is 27.2 Å². The summed E-state index contributed by atoms with van der Waals surface area (Å²) in [6, 6.07) is 21.3. The van der Waals surface area contributed by atoms with E-state index in [4.69, 9.17) is 0 Å². The highest BCUT2D eigenvalue weighted by molar-refractivity contribution is 7.98. The number of thioether (sulfide) groups is 1. The molecule has 0 radical (unpaired) electrons. The van der Waals surface area contributed by atoms with Gasteiger partial charge in [-0.15, -0.1) is 23.1 Å². The van der Waals surface area contributed by atoms with Crippen LogP contribution in [0.3, 0.4) is 0 Å². The lowest BCUT2D eigenvalue weighted by atomic mass is 10.1. The first-order valence-electron chi connectivity index (χ1n) is 11.4. The number of hydrogen-bond acceptors (Lipinski definition) is 5. The average Bonchev–Trinajstić information content (AvgIpc) is 3.29. The molecular formula is C26H29N3OS2. The molecule has 5 rings (SSSR count). The summed E-state index contributed by atoms with van der Waals surface area (Å²) >= 11 is 3.49. The van der Waals surface area contributed by atoms with E-state index in [2.05, 4.69) is 75.8 Å². The molecule has 1 saturated heterocycles. The second-order valence-electron chi connectivity index (χ2n) is 8.46. The van der Waals surface area contributed by atoms with Crippen molar-refractivity contribution in [1.82, 2.24) is 15.1 Å². The van der Waals surface area contributed by atoms with Gasteiger partial charge < -0.3 is 10.2 Å². The Morgan fingerprint density at radius 1 is 0.938 bits per heavy atom. The summed E-state index contributed by atoms with van der Waals surface area (Å²) in [6.07, 6.45) is 0.994. The molecule has 0 atom stereocenters. The van der Waals surface area contributed by atoms with Crippen molar-refractivity contribution in [3.63, 3.8) is 0 Å². The van der Waals surface area contributed by atoms with Gasteiger partial charge in [0.05, 0.1) is 4.88 Å². The predicted octanol–water partition coefficient (Wildman–Crippen LogP) is 4.96. The average molecular weight is 464 g/mol. The van der Waals surface area contributed by atoms with Gasteiger partial charge in [0.2, 0.25) is 0 Å². The zero-order chi connectivity index (χ0) is 21.8. The number of carbonyl (C=O) groups is 1. The lowest BCUT2D eigenvalue weighted by Crippen LogP contribution is -2.46. The Morgan fingerprint density at radius 2 is 1.69 bits per heavy atom. The van der Waals surface area contributed by atoms with Gasteiger partial charge in [0.1, 0.15) is 0 Å². The number of benzene rings is 2. The van der Waals surface area contributed by atoms with Gasteiger partial charge >= 0.3 is 0 Å². The molecule has 32 heavy (non-hydrogen) atoms. The summed E-state index contributed by atoms with van der Waals surface area (Å²) in [4.78, 5) is 21.2. The Bertz CT molecular complexity index is 1060. The molecule has 0 aliphatic carbocycles. The van der Waals surface area contributed by atoms with Gasteiger partial charge in [-0.2, -0.15) is 0 Å². The van der Waals surface area contributed by atoms with Crippen molar-refractivity contribution in [1.29, 1.82) is 0 Å². The third kappa shape index (κ3) is 5.09. The van der Waals surface area contributed by atoms with Gasteiger partial charge in [0.15, 0.2) is 0 Å². The standard InChI is InChI=1S/C26H29N3OS2/c30-26(24-17-21-19-31-23-10-5-4-9-22(23)25(21)32-24)27-11-6-12-28-13-15-29(16-14-28)18-20-7-2-1-3-8-20/h1-5,7-10,17H,6,11-16,18-19H2,(H,27,30). The largest absolute Gasteiger partial charge is 0.351 e. The van der Waals surface area contributed by atoms with Crippen LogP contribution in [0.5, 0.6) is 0 Å². The van der Waals surface area contributed by atoms with Gasteiger partial charge in [0.25, 0.3) is 5.91 Å². The summed E-state index contributed by atoms with van der Waals surface area (Å²) in [5.74, 6) is 1.02. The van der Waals surface area contributed by atoms with E-state index in [9.17, 15) is 4.79 Å². The lowest BCUT2D eigenvalue weighted by molar-refractivity contribution is 0.0951. The first-order valence-corrected chi connectivity index (χ1v) is 13.2. The molecule has 0 unspecified atom stereocenters. The molecule has 166 valence electrons. The molecule has 0 spiro atoms. The van der Waals surface area contributed by atoms with Crippen molar-refractivity contribution >= 4 is 29.0 Å². The number of rotatable bonds is 7. The molecular weight excluding hydrogens is 434 g/mol. The zero-order valence-electron chi connectivity index (χ0n) is 18.3. The molecule has 3 heterocycles. The van der Waals surface area contributed by atoms with E-state index in [-0.39, 0.29) is 5.91 Å². The highest BCUT2D eigenvalue weighted by Gasteiger charge is 2.22. The molecule has 0 saturated carbocycles. The van der Waals surface area contributed by atoms with Crippen molar-refractivity contribution in [2.24, 2.45) is 0 Å². The molecule has 2 aromatic carbocycles. The van der Waals surface area contributed by atoms with E-state index in [1.807, 2.05) is 11.8 Å². The number of amides is 1. The number of fused-ring (bicyclic) bond motifs is 3. The van der Waals surface area contributed by atoms with Crippen LogP contribution in [0, 0.1) is 0 Å². The third-order valence-corrected chi connectivity index (χ3v) is 8.53. The molecule has 1 fully saturated rings. The summed E-state index contributed by atoms with van der Waals surface area (Å²) < 4.78 is 0. The fourth-order valence-electron chi connectivity index (χ4n) is 4.42. The number of nitrogens with one attached hydrogen (secondary N) is 1. The van der Waals surface area contributed by atoms with E-state index >= 15 is 0 Å². The fraction of sp³-hybridized carbons (Fsp3) is 0.346. The zero-order valence-corrected chi connectivity index (χ0v) is 19.9. The Hall–Kier alpha value is -2.12. The monoisotopic (exact) mass is 463 g/mol. The normalized spacial score (nSPS) is 16.4. The van der Waals surface area contributed by atoms with Crippen LogP contribution in [-0.2, 0) is 12.3 Å². The smallest absolute Gasteiger partial charge is 0.261 e. The lowest BCUT2D eigenvalue weighted by Gasteiger charge is -2.34. The number of carbonyl (C=O) groups excluding carboxylic acids is 1.